The van der Waals surface area contributed by atoms with E-state index in [-0.39, 0.29) is 0 Å². The zero-order valence-corrected chi connectivity index (χ0v) is 11.8. The number of pyridine rings is 1. The maximum atomic E-state index is 8.92. The highest BCUT2D eigenvalue weighted by atomic mass is 35.5. The summed E-state index contributed by atoms with van der Waals surface area (Å²) >= 11 is 11.7. The topological polar surface area (TPSA) is 39.9 Å². The van der Waals surface area contributed by atoms with Crippen molar-refractivity contribution in [2.24, 2.45) is 0 Å². The zero-order valence-electron chi connectivity index (χ0n) is 10.3. The van der Waals surface area contributed by atoms with Gasteiger partial charge in [-0.1, -0.05) is 35.3 Å². The van der Waals surface area contributed by atoms with E-state index in [1.54, 1.807) is 12.1 Å². The Balaban J connectivity index is 2.20. The third kappa shape index (κ3) is 3.60. The summed E-state index contributed by atoms with van der Waals surface area (Å²) in [6, 6.07) is 12.9. The molecule has 3 nitrogen and oxygen atoms in total. The molecule has 0 unspecified atom stereocenters. The molecule has 0 atom stereocenters. The van der Waals surface area contributed by atoms with Gasteiger partial charge in [0.05, 0.1) is 11.6 Å². The van der Waals surface area contributed by atoms with Gasteiger partial charge in [0.25, 0.3) is 0 Å². The van der Waals surface area contributed by atoms with Crippen LogP contribution in [0.3, 0.4) is 0 Å². The summed E-state index contributed by atoms with van der Waals surface area (Å²) in [5.74, 6) is 0.666. The number of hydrogen-bond donors (Lipinski definition) is 0. The van der Waals surface area contributed by atoms with E-state index in [2.05, 4.69) is 11.1 Å². The van der Waals surface area contributed by atoms with Gasteiger partial charge in [-0.2, -0.15) is 5.26 Å². The van der Waals surface area contributed by atoms with E-state index in [1.807, 2.05) is 36.2 Å². The lowest BCUT2D eigenvalue weighted by atomic mass is 10.2. The smallest absolute Gasteiger partial charge is 0.132 e. The van der Waals surface area contributed by atoms with Crippen LogP contribution in [-0.4, -0.2) is 12.0 Å². The minimum absolute atomic E-state index is 0.317. The Kier molecular flexibility index (Phi) is 4.26. The lowest BCUT2D eigenvalue weighted by Gasteiger charge is -2.18. The van der Waals surface area contributed by atoms with Crippen LogP contribution in [0.15, 0.2) is 36.4 Å². The molecule has 0 fully saturated rings. The van der Waals surface area contributed by atoms with Gasteiger partial charge >= 0.3 is 0 Å². The van der Waals surface area contributed by atoms with Crippen molar-refractivity contribution in [2.75, 3.05) is 11.9 Å². The van der Waals surface area contributed by atoms with Gasteiger partial charge < -0.3 is 4.90 Å². The molecule has 19 heavy (non-hydrogen) atoms. The number of rotatable bonds is 3. The van der Waals surface area contributed by atoms with E-state index in [0.29, 0.717) is 28.1 Å². The number of hydrogen-bond acceptors (Lipinski definition) is 3. The summed E-state index contributed by atoms with van der Waals surface area (Å²) in [6.07, 6.45) is 0. The molecule has 0 aliphatic heterocycles. The number of nitriles is 1. The molecule has 96 valence electrons. The quantitative estimate of drug-likeness (QED) is 0.805. The van der Waals surface area contributed by atoms with Crippen molar-refractivity contribution in [1.29, 1.82) is 5.26 Å². The van der Waals surface area contributed by atoms with Crippen molar-refractivity contribution in [3.8, 4) is 6.07 Å². The monoisotopic (exact) mass is 291 g/mol. The Morgan fingerprint density at radius 1 is 1.21 bits per heavy atom. The molecule has 2 aromatic rings. The van der Waals surface area contributed by atoms with Crippen LogP contribution in [0.2, 0.25) is 10.2 Å². The first-order valence-electron chi connectivity index (χ1n) is 5.62. The molecule has 0 bridgehead atoms. The normalized spacial score (nSPS) is 10.0. The van der Waals surface area contributed by atoms with E-state index < -0.39 is 0 Å². The predicted molar refractivity (Wildman–Crippen MR) is 77.5 cm³/mol. The third-order valence-electron chi connectivity index (χ3n) is 2.63. The van der Waals surface area contributed by atoms with Crippen LogP contribution in [0.1, 0.15) is 11.1 Å². The second-order valence-corrected chi connectivity index (χ2v) is 4.95. The molecule has 0 amide bonds. The summed E-state index contributed by atoms with van der Waals surface area (Å²) in [7, 11) is 1.90. The van der Waals surface area contributed by atoms with Crippen LogP contribution in [0.5, 0.6) is 0 Å². The minimum Gasteiger partial charge on any atom is -0.355 e. The van der Waals surface area contributed by atoms with Crippen molar-refractivity contribution in [2.45, 2.75) is 6.54 Å². The molecule has 0 aliphatic carbocycles. The predicted octanol–water partition coefficient (Wildman–Crippen LogP) is 3.90. The summed E-state index contributed by atoms with van der Waals surface area (Å²) in [4.78, 5) is 6.14. The van der Waals surface area contributed by atoms with E-state index in [9.17, 15) is 0 Å². The molecular weight excluding hydrogens is 281 g/mol. The molecule has 2 rings (SSSR count). The van der Waals surface area contributed by atoms with Gasteiger partial charge in [-0.05, 0) is 29.8 Å². The average Bonchev–Trinajstić information content (AvgIpc) is 2.40. The Morgan fingerprint density at radius 3 is 2.53 bits per heavy atom. The maximum Gasteiger partial charge on any atom is 0.132 e. The highest BCUT2D eigenvalue weighted by Gasteiger charge is 2.07. The van der Waals surface area contributed by atoms with Gasteiger partial charge in [-0.25, -0.2) is 4.98 Å². The minimum atomic E-state index is 0.317. The van der Waals surface area contributed by atoms with Crippen LogP contribution < -0.4 is 4.90 Å². The van der Waals surface area contributed by atoms with E-state index in [4.69, 9.17) is 28.5 Å². The summed E-state index contributed by atoms with van der Waals surface area (Å²) < 4.78 is 0. The van der Waals surface area contributed by atoms with Crippen LogP contribution in [0.25, 0.3) is 0 Å². The Hall–Kier alpha value is -1.76. The fraction of sp³-hybridized carbons (Fsp3) is 0.143. The van der Waals surface area contributed by atoms with Gasteiger partial charge in [0.1, 0.15) is 11.0 Å². The number of aromatic nitrogens is 1. The van der Waals surface area contributed by atoms with Crippen molar-refractivity contribution < 1.29 is 0 Å². The van der Waals surface area contributed by atoms with E-state index in [1.165, 1.54) is 0 Å². The molecular formula is C14H11Cl2N3. The van der Waals surface area contributed by atoms with E-state index >= 15 is 0 Å². The molecule has 1 heterocycles. The van der Waals surface area contributed by atoms with E-state index in [0.717, 1.165) is 5.56 Å². The third-order valence-corrected chi connectivity index (χ3v) is 3.08. The Labute approximate surface area is 122 Å². The summed E-state index contributed by atoms with van der Waals surface area (Å²) in [5.41, 5.74) is 1.60. The van der Waals surface area contributed by atoms with Gasteiger partial charge in [-0.15, -0.1) is 0 Å². The van der Waals surface area contributed by atoms with Crippen molar-refractivity contribution in [3.05, 3.63) is 57.7 Å². The van der Waals surface area contributed by atoms with Crippen molar-refractivity contribution in [3.63, 3.8) is 0 Å². The van der Waals surface area contributed by atoms with Gasteiger partial charge in [-0.3, -0.25) is 0 Å². The molecule has 5 heteroatoms. The van der Waals surface area contributed by atoms with Gasteiger partial charge in [0.2, 0.25) is 0 Å². The number of halogens is 2. The van der Waals surface area contributed by atoms with Crippen LogP contribution >= 0.6 is 23.2 Å². The fourth-order valence-corrected chi connectivity index (χ4v) is 2.02. The summed E-state index contributed by atoms with van der Waals surface area (Å²) in [5, 5.41) is 9.94. The fourth-order valence-electron chi connectivity index (χ4n) is 1.69. The Bertz CT molecular complexity index is 618. The molecule has 0 spiro atoms. The number of nitrogens with zero attached hydrogens (tertiary/aromatic N) is 3. The molecule has 0 N–H and O–H groups in total. The molecule has 1 aromatic heterocycles. The standard InChI is InChI=1S/C14H11Cl2N3/c1-19(9-10-2-4-12(15)5-3-10)14-7-11(8-17)6-13(16)18-14/h2-7H,9H2,1H3. The largest absolute Gasteiger partial charge is 0.355 e. The van der Waals surface area contributed by atoms with Crippen LogP contribution in [0, 0.1) is 11.3 Å². The second kappa shape index (κ2) is 5.92. The van der Waals surface area contributed by atoms with Crippen LogP contribution in [-0.2, 0) is 6.54 Å². The lowest BCUT2D eigenvalue weighted by Crippen LogP contribution is -2.17. The van der Waals surface area contributed by atoms with Gasteiger partial charge in [0, 0.05) is 18.6 Å². The first kappa shape index (κ1) is 13.7. The highest BCUT2D eigenvalue weighted by molar-refractivity contribution is 6.30. The molecule has 0 saturated heterocycles. The highest BCUT2D eigenvalue weighted by Crippen LogP contribution is 2.19. The number of anilines is 1. The van der Waals surface area contributed by atoms with Gasteiger partial charge in [0.15, 0.2) is 0 Å². The van der Waals surface area contributed by atoms with Crippen molar-refractivity contribution >= 4 is 29.0 Å². The van der Waals surface area contributed by atoms with Crippen molar-refractivity contribution in [1.82, 2.24) is 4.98 Å². The second-order valence-electron chi connectivity index (χ2n) is 4.13. The SMILES string of the molecule is CN(Cc1ccc(Cl)cc1)c1cc(C#N)cc(Cl)n1. The molecule has 0 radical (unpaired) electrons. The Morgan fingerprint density at radius 2 is 1.89 bits per heavy atom. The van der Waals surface area contributed by atoms with Crippen LogP contribution in [0.4, 0.5) is 5.82 Å². The molecule has 1 aromatic carbocycles. The molecule has 0 aliphatic rings. The first-order valence-corrected chi connectivity index (χ1v) is 6.37. The molecule has 0 saturated carbocycles. The summed E-state index contributed by atoms with van der Waals surface area (Å²) in [6.45, 7) is 0.662. The average molecular weight is 292 g/mol. The maximum absolute atomic E-state index is 8.92. The zero-order chi connectivity index (χ0) is 13.8. The number of benzene rings is 1. The lowest BCUT2D eigenvalue weighted by molar-refractivity contribution is 0.897. The first-order chi connectivity index (χ1) is 9.08.